The van der Waals surface area contributed by atoms with Gasteiger partial charge in [-0.2, -0.15) is 0 Å². The van der Waals surface area contributed by atoms with Crippen LogP contribution in [0.2, 0.25) is 0 Å². The molecule has 0 atom stereocenters. The van der Waals surface area contributed by atoms with Crippen molar-refractivity contribution in [1.82, 2.24) is 10.3 Å². The number of anilines is 1. The van der Waals surface area contributed by atoms with Crippen LogP contribution in [0.1, 0.15) is 23.0 Å². The monoisotopic (exact) mass is 395 g/mol. The summed E-state index contributed by atoms with van der Waals surface area (Å²) in [5, 5.41) is 8.55. The first kappa shape index (κ1) is 19.6. The second-order valence-electron chi connectivity index (χ2n) is 6.14. The first-order valence-electron chi connectivity index (χ1n) is 8.80. The smallest absolute Gasteiger partial charge is 0.251 e. The lowest BCUT2D eigenvalue weighted by Gasteiger charge is -2.05. The van der Waals surface area contributed by atoms with Crippen molar-refractivity contribution in [3.8, 4) is 16.3 Å². The van der Waals surface area contributed by atoms with Crippen LogP contribution in [0, 0.1) is 0 Å². The molecule has 7 heteroatoms. The third kappa shape index (κ3) is 5.17. The summed E-state index contributed by atoms with van der Waals surface area (Å²) in [5.41, 5.74) is 3.28. The molecule has 0 saturated carbocycles. The van der Waals surface area contributed by atoms with Gasteiger partial charge in [0.1, 0.15) is 10.8 Å². The van der Waals surface area contributed by atoms with Crippen molar-refractivity contribution in [3.63, 3.8) is 0 Å². The van der Waals surface area contributed by atoms with Crippen LogP contribution in [-0.2, 0) is 11.2 Å². The van der Waals surface area contributed by atoms with E-state index in [1.165, 1.54) is 6.92 Å². The highest BCUT2D eigenvalue weighted by molar-refractivity contribution is 7.13. The summed E-state index contributed by atoms with van der Waals surface area (Å²) in [6.45, 7) is 1.99. The van der Waals surface area contributed by atoms with Crippen LogP contribution in [0.25, 0.3) is 10.6 Å². The van der Waals surface area contributed by atoms with Gasteiger partial charge in [0.15, 0.2) is 0 Å². The van der Waals surface area contributed by atoms with Gasteiger partial charge in [0.25, 0.3) is 5.91 Å². The lowest BCUT2D eigenvalue weighted by molar-refractivity contribution is -0.114. The first-order valence-corrected chi connectivity index (χ1v) is 9.68. The number of aromatic nitrogens is 1. The molecule has 0 spiro atoms. The molecule has 0 fully saturated rings. The van der Waals surface area contributed by atoms with Crippen LogP contribution in [-0.4, -0.2) is 30.5 Å². The lowest BCUT2D eigenvalue weighted by atomic mass is 10.2. The summed E-state index contributed by atoms with van der Waals surface area (Å²) >= 11 is 1.56. The number of benzene rings is 2. The fourth-order valence-electron chi connectivity index (χ4n) is 2.60. The van der Waals surface area contributed by atoms with Gasteiger partial charge in [0.2, 0.25) is 5.91 Å². The fraction of sp³-hybridized carbons (Fsp3) is 0.190. The van der Waals surface area contributed by atoms with Gasteiger partial charge in [0.05, 0.1) is 12.8 Å². The standard InChI is InChI=1S/C21H21N3O3S/c1-14(25)23-17-7-3-16(4-8-17)21-24-18(13-28-21)11-12-22-20(26)15-5-9-19(27-2)10-6-15/h3-10,13H,11-12H2,1-2H3,(H,22,26)(H,23,25). The average Bonchev–Trinajstić information content (AvgIpc) is 3.17. The number of nitrogens with one attached hydrogen (secondary N) is 2. The summed E-state index contributed by atoms with van der Waals surface area (Å²) in [5.74, 6) is 0.504. The van der Waals surface area contributed by atoms with Gasteiger partial charge < -0.3 is 15.4 Å². The van der Waals surface area contributed by atoms with E-state index in [2.05, 4.69) is 15.6 Å². The number of nitrogens with zero attached hydrogens (tertiary/aromatic N) is 1. The van der Waals surface area contributed by atoms with Gasteiger partial charge >= 0.3 is 0 Å². The van der Waals surface area contributed by atoms with Crippen LogP contribution >= 0.6 is 11.3 Å². The maximum absolute atomic E-state index is 12.2. The van der Waals surface area contributed by atoms with E-state index in [0.29, 0.717) is 18.5 Å². The van der Waals surface area contributed by atoms with Crippen molar-refractivity contribution in [2.75, 3.05) is 19.0 Å². The maximum atomic E-state index is 12.2. The van der Waals surface area contributed by atoms with Crippen LogP contribution < -0.4 is 15.4 Å². The molecule has 3 rings (SSSR count). The van der Waals surface area contributed by atoms with Gasteiger partial charge in [0, 0.05) is 42.1 Å². The average molecular weight is 395 g/mol. The Bertz CT molecular complexity index is 950. The Kier molecular flexibility index (Phi) is 6.39. The molecular weight excluding hydrogens is 374 g/mol. The van der Waals surface area contributed by atoms with Gasteiger partial charge in [-0.1, -0.05) is 0 Å². The normalized spacial score (nSPS) is 10.4. The largest absolute Gasteiger partial charge is 0.497 e. The fourth-order valence-corrected chi connectivity index (χ4v) is 3.46. The highest BCUT2D eigenvalue weighted by Crippen LogP contribution is 2.25. The molecule has 0 aliphatic carbocycles. The number of amides is 2. The molecule has 2 N–H and O–H groups in total. The number of methoxy groups -OCH3 is 1. The molecule has 0 unspecified atom stereocenters. The molecule has 1 heterocycles. The van der Waals surface area contributed by atoms with Crippen LogP contribution in [0.15, 0.2) is 53.9 Å². The Morgan fingerprint density at radius 1 is 1.07 bits per heavy atom. The SMILES string of the molecule is COc1ccc(C(=O)NCCc2csc(-c3ccc(NC(C)=O)cc3)n2)cc1. The zero-order valence-electron chi connectivity index (χ0n) is 15.7. The van der Waals surface area contributed by atoms with E-state index in [4.69, 9.17) is 4.74 Å². The minimum Gasteiger partial charge on any atom is -0.497 e. The molecular formula is C21H21N3O3S. The van der Waals surface area contributed by atoms with Gasteiger partial charge in [-0.15, -0.1) is 11.3 Å². The highest BCUT2D eigenvalue weighted by atomic mass is 32.1. The number of hydrogen-bond acceptors (Lipinski definition) is 5. The quantitative estimate of drug-likeness (QED) is 0.638. The molecule has 0 bridgehead atoms. The number of carbonyl (C=O) groups is 2. The second-order valence-corrected chi connectivity index (χ2v) is 7.00. The summed E-state index contributed by atoms with van der Waals surface area (Å²) in [7, 11) is 1.59. The van der Waals surface area contributed by atoms with E-state index < -0.39 is 0 Å². The molecule has 144 valence electrons. The zero-order chi connectivity index (χ0) is 19.9. The molecule has 28 heavy (non-hydrogen) atoms. The Morgan fingerprint density at radius 2 is 1.79 bits per heavy atom. The van der Waals surface area contributed by atoms with E-state index in [1.807, 2.05) is 29.6 Å². The number of carbonyl (C=O) groups excluding carboxylic acids is 2. The molecule has 0 aliphatic rings. The first-order chi connectivity index (χ1) is 13.5. The maximum Gasteiger partial charge on any atom is 0.251 e. The van der Waals surface area contributed by atoms with E-state index in [1.54, 1.807) is 42.7 Å². The highest BCUT2D eigenvalue weighted by Gasteiger charge is 2.08. The van der Waals surface area contributed by atoms with E-state index >= 15 is 0 Å². The number of thiazole rings is 1. The molecule has 3 aromatic rings. The Labute approximate surface area is 167 Å². The van der Waals surface area contributed by atoms with Crippen molar-refractivity contribution in [2.45, 2.75) is 13.3 Å². The molecule has 1 aromatic heterocycles. The molecule has 0 saturated heterocycles. The summed E-state index contributed by atoms with van der Waals surface area (Å²) in [6, 6.07) is 14.6. The minimum atomic E-state index is -0.119. The second kappa shape index (κ2) is 9.14. The predicted molar refractivity (Wildman–Crippen MR) is 111 cm³/mol. The third-order valence-corrected chi connectivity index (χ3v) is 4.96. The number of hydrogen-bond donors (Lipinski definition) is 2. The van der Waals surface area contributed by atoms with Crippen LogP contribution in [0.5, 0.6) is 5.75 Å². The van der Waals surface area contributed by atoms with Crippen molar-refractivity contribution < 1.29 is 14.3 Å². The molecule has 0 aliphatic heterocycles. The van der Waals surface area contributed by atoms with Crippen molar-refractivity contribution in [3.05, 3.63) is 65.2 Å². The number of ether oxygens (including phenoxy) is 1. The van der Waals surface area contributed by atoms with Crippen molar-refractivity contribution in [2.24, 2.45) is 0 Å². The number of rotatable bonds is 7. The third-order valence-electron chi connectivity index (χ3n) is 4.02. The van der Waals surface area contributed by atoms with Crippen LogP contribution in [0.4, 0.5) is 5.69 Å². The predicted octanol–water partition coefficient (Wildman–Crippen LogP) is 3.75. The van der Waals surface area contributed by atoms with Gasteiger partial charge in [-0.3, -0.25) is 9.59 Å². The van der Waals surface area contributed by atoms with Gasteiger partial charge in [-0.05, 0) is 48.5 Å². The molecule has 2 amide bonds. The van der Waals surface area contributed by atoms with E-state index in [9.17, 15) is 9.59 Å². The summed E-state index contributed by atoms with van der Waals surface area (Å²) in [6.07, 6.45) is 0.655. The summed E-state index contributed by atoms with van der Waals surface area (Å²) in [4.78, 5) is 27.9. The molecule has 2 aromatic carbocycles. The molecule has 0 radical (unpaired) electrons. The minimum absolute atomic E-state index is 0.0963. The summed E-state index contributed by atoms with van der Waals surface area (Å²) < 4.78 is 5.09. The van der Waals surface area contributed by atoms with Gasteiger partial charge in [-0.25, -0.2) is 4.98 Å². The van der Waals surface area contributed by atoms with Crippen molar-refractivity contribution in [1.29, 1.82) is 0 Å². The van der Waals surface area contributed by atoms with E-state index in [-0.39, 0.29) is 11.8 Å². The Hall–Kier alpha value is -3.19. The van der Waals surface area contributed by atoms with E-state index in [0.717, 1.165) is 27.7 Å². The lowest BCUT2D eigenvalue weighted by Crippen LogP contribution is -2.25. The van der Waals surface area contributed by atoms with Crippen molar-refractivity contribution >= 4 is 28.8 Å². The Morgan fingerprint density at radius 3 is 2.43 bits per heavy atom. The topological polar surface area (TPSA) is 80.3 Å². The zero-order valence-corrected chi connectivity index (χ0v) is 16.5. The molecule has 6 nitrogen and oxygen atoms in total. The Balaban J connectivity index is 1.53. The van der Waals surface area contributed by atoms with Crippen LogP contribution in [0.3, 0.4) is 0 Å².